The quantitative estimate of drug-likeness (QED) is 0.115. The van der Waals surface area contributed by atoms with Crippen LogP contribution in [0.25, 0.3) is 139 Å². The molecule has 0 spiro atoms. The predicted molar refractivity (Wildman–Crippen MR) is 413 cm³/mol. The molecule has 16 aromatic rings. The fourth-order valence-corrected chi connectivity index (χ4v) is 14.4. The molecule has 5 heteroatoms. The van der Waals surface area contributed by atoms with E-state index in [1.807, 2.05) is 0 Å². The zero-order chi connectivity index (χ0) is 65.8. The van der Waals surface area contributed by atoms with Crippen molar-refractivity contribution in [1.29, 1.82) is 0 Å². The normalized spacial score (nSPS) is 11.8. The van der Waals surface area contributed by atoms with Crippen LogP contribution < -0.4 is 4.90 Å². The number of nitrogens with zero attached hydrogens (tertiary/aromatic N) is 4. The van der Waals surface area contributed by atoms with E-state index in [1.54, 1.807) is 0 Å². The van der Waals surface area contributed by atoms with E-state index in [0.29, 0.717) is 0 Å². The Labute approximate surface area is 573 Å². The minimum Gasteiger partial charge on any atom is -0.309 e. The number of anilines is 3. The van der Waals surface area contributed by atoms with Crippen LogP contribution in [-0.2, 0) is 10.8 Å². The Kier molecular flexibility index (Phi) is 15.6. The van der Waals surface area contributed by atoms with E-state index in [2.05, 4.69) is 379 Å². The molecule has 0 bridgehead atoms. The molecule has 0 aliphatic heterocycles. The highest BCUT2D eigenvalue weighted by Crippen LogP contribution is 2.45. The van der Waals surface area contributed by atoms with Gasteiger partial charge in [0, 0.05) is 33.4 Å². The average Bonchev–Trinajstić information content (AvgIpc) is 1.60. The molecular weight excluding hydrogens is 1190 g/mol. The topological polar surface area (TPSA) is 34.0 Å². The van der Waals surface area contributed by atoms with Gasteiger partial charge in [-0.1, -0.05) is 260 Å². The van der Waals surface area contributed by atoms with Gasteiger partial charge in [0.05, 0.1) is 28.4 Å². The summed E-state index contributed by atoms with van der Waals surface area (Å²) in [7, 11) is 0. The molecule has 2 heterocycles. The molecule has 0 atom stereocenters. The van der Waals surface area contributed by atoms with Crippen molar-refractivity contribution in [2.75, 3.05) is 4.90 Å². The summed E-state index contributed by atoms with van der Waals surface area (Å²) in [6.07, 6.45) is 0. The van der Waals surface area contributed by atoms with Gasteiger partial charge in [-0.2, -0.15) is 8.75 Å². The van der Waals surface area contributed by atoms with E-state index in [-0.39, 0.29) is 10.8 Å². The summed E-state index contributed by atoms with van der Waals surface area (Å²) >= 11 is 1.26. The lowest BCUT2D eigenvalue weighted by Gasteiger charge is -2.26. The molecule has 4 nitrogen and oxygen atoms in total. The van der Waals surface area contributed by atoms with Crippen LogP contribution in [0.1, 0.15) is 52.7 Å². The van der Waals surface area contributed by atoms with Gasteiger partial charge in [0.15, 0.2) is 0 Å². The Morgan fingerprint density at radius 2 is 0.577 bits per heavy atom. The van der Waals surface area contributed by atoms with E-state index in [9.17, 15) is 0 Å². The van der Waals surface area contributed by atoms with Crippen LogP contribution in [0, 0.1) is 0 Å². The number of hydrogen-bond acceptors (Lipinski definition) is 4. The smallest absolute Gasteiger partial charge is 0.129 e. The van der Waals surface area contributed by atoms with Crippen LogP contribution in [-0.4, -0.2) is 13.3 Å². The molecule has 466 valence electrons. The van der Waals surface area contributed by atoms with Gasteiger partial charge < -0.3 is 9.47 Å². The Morgan fingerprint density at radius 1 is 0.268 bits per heavy atom. The summed E-state index contributed by atoms with van der Waals surface area (Å²) < 4.78 is 12.7. The van der Waals surface area contributed by atoms with Gasteiger partial charge in [-0.05, 0) is 226 Å². The van der Waals surface area contributed by atoms with Crippen molar-refractivity contribution in [2.24, 2.45) is 0 Å². The number of hydrogen-bond donors (Lipinski definition) is 0. The summed E-state index contributed by atoms with van der Waals surface area (Å²) in [6.45, 7) is 13.6. The second-order valence-corrected chi connectivity index (χ2v) is 28.1. The van der Waals surface area contributed by atoms with Gasteiger partial charge in [-0.3, -0.25) is 0 Å². The van der Waals surface area contributed by atoms with Crippen LogP contribution in [0.2, 0.25) is 0 Å². The van der Waals surface area contributed by atoms with E-state index in [1.165, 1.54) is 100 Å². The largest absolute Gasteiger partial charge is 0.309 e. The van der Waals surface area contributed by atoms with Crippen LogP contribution in [0.3, 0.4) is 0 Å². The first-order valence-electron chi connectivity index (χ1n) is 33.5. The first-order valence-corrected chi connectivity index (χ1v) is 34.2. The average molecular weight is 1270 g/mol. The molecule has 0 fully saturated rings. The maximum Gasteiger partial charge on any atom is 0.129 e. The first-order chi connectivity index (χ1) is 47.3. The highest BCUT2D eigenvalue weighted by molar-refractivity contribution is 7.00. The van der Waals surface area contributed by atoms with Crippen LogP contribution in [0.4, 0.5) is 17.1 Å². The fourth-order valence-electron chi connectivity index (χ4n) is 13.9. The third-order valence-corrected chi connectivity index (χ3v) is 19.7. The highest BCUT2D eigenvalue weighted by atomic mass is 32.1. The van der Waals surface area contributed by atoms with E-state index >= 15 is 0 Å². The third kappa shape index (κ3) is 11.9. The van der Waals surface area contributed by atoms with Crippen LogP contribution in [0.15, 0.2) is 328 Å². The minimum absolute atomic E-state index is 0.0727. The van der Waals surface area contributed by atoms with Gasteiger partial charge in [0.2, 0.25) is 0 Å². The van der Waals surface area contributed by atoms with Crippen molar-refractivity contribution in [3.63, 3.8) is 0 Å². The predicted octanol–water partition coefficient (Wildman–Crippen LogP) is 25.9. The molecule has 0 saturated heterocycles. The maximum atomic E-state index is 5.16. The van der Waals surface area contributed by atoms with Crippen molar-refractivity contribution in [3.8, 4) is 106 Å². The molecule has 2 aromatic heterocycles. The first kappa shape index (κ1) is 60.4. The molecule has 0 amide bonds. The van der Waals surface area contributed by atoms with Crippen molar-refractivity contribution >= 4 is 61.6 Å². The zero-order valence-electron chi connectivity index (χ0n) is 55.4. The second-order valence-electron chi connectivity index (χ2n) is 27.6. The van der Waals surface area contributed by atoms with E-state index in [4.69, 9.17) is 8.75 Å². The van der Waals surface area contributed by atoms with Gasteiger partial charge in [-0.15, -0.1) is 0 Å². The number of benzene rings is 14. The van der Waals surface area contributed by atoms with Crippen molar-refractivity contribution in [2.45, 2.75) is 52.4 Å². The minimum atomic E-state index is 0.0727. The van der Waals surface area contributed by atoms with Crippen LogP contribution >= 0.6 is 11.7 Å². The summed E-state index contributed by atoms with van der Waals surface area (Å²) in [5.41, 5.74) is 31.7. The summed E-state index contributed by atoms with van der Waals surface area (Å²) in [5, 5.41) is 2.43. The van der Waals surface area contributed by atoms with Gasteiger partial charge >= 0.3 is 0 Å². The zero-order valence-corrected chi connectivity index (χ0v) is 56.2. The SMILES string of the molecule is CC(C)(C)c1ccc(-c2ccc3c(c2)c2cc(-c4ccc(C(C)(C)C)cc4)ccc2n3-c2ccc(-c3ccc(N(c4ccc(-c5cc(-c6ccccc6)cc(-c6ccccc6)c5)cc4)c4ccc(-c5cc(-c6ccccc6)cc(-c6ccccc6)c5)cc4)c4nsnc34)cc2)cc1. The highest BCUT2D eigenvalue weighted by Gasteiger charge is 2.23. The van der Waals surface area contributed by atoms with E-state index in [0.717, 1.165) is 78.2 Å². The molecule has 0 N–H and O–H groups in total. The fraction of sp³-hybridized carbons (Fsp3) is 0.0870. The van der Waals surface area contributed by atoms with Gasteiger partial charge in [-0.25, -0.2) is 0 Å². The van der Waals surface area contributed by atoms with Crippen molar-refractivity contribution in [1.82, 2.24) is 13.3 Å². The van der Waals surface area contributed by atoms with Crippen molar-refractivity contribution in [3.05, 3.63) is 339 Å². The van der Waals surface area contributed by atoms with Gasteiger partial charge in [0.1, 0.15) is 11.0 Å². The second kappa shape index (κ2) is 25.0. The molecule has 0 aliphatic carbocycles. The summed E-state index contributed by atoms with van der Waals surface area (Å²) in [4.78, 5) is 2.34. The molecule has 16 rings (SSSR count). The Hall–Kier alpha value is -11.5. The number of fused-ring (bicyclic) bond motifs is 4. The Bertz CT molecular complexity index is 5110. The molecule has 97 heavy (non-hydrogen) atoms. The Balaban J connectivity index is 0.789. The van der Waals surface area contributed by atoms with Crippen molar-refractivity contribution < 1.29 is 0 Å². The summed E-state index contributed by atoms with van der Waals surface area (Å²) in [6, 6.07) is 120. The van der Waals surface area contributed by atoms with Crippen LogP contribution in [0.5, 0.6) is 0 Å². The molecule has 0 radical (unpaired) electrons. The molecule has 14 aromatic carbocycles. The standard InChI is InChI=1S/C92H72N4S/c1-91(2,3)78-39-27-65(28-40-78)70-37-50-86-84(59-70)85-60-71(66-29-41-79(42-30-66)92(4,5)6)38-51-87(85)96(86)82-47-35-69(36-48-82)83-49-52-88(90-89(83)93-97-94-90)95(80-43-31-67(32-44-80)76-55-72(61-19-11-7-12-20-61)53-73(56-76)62-21-13-8-14-22-62)81-45-33-68(34-46-81)77-57-74(63-23-15-9-16-24-63)54-75(58-77)64-25-17-10-18-26-64/h7-60H,1-6H3. The third-order valence-electron chi connectivity index (χ3n) is 19.2. The molecular formula is C92H72N4S. The molecule has 0 unspecified atom stereocenters. The molecule has 0 saturated carbocycles. The number of aromatic nitrogens is 3. The van der Waals surface area contributed by atoms with Gasteiger partial charge in [0.25, 0.3) is 0 Å². The number of rotatable bonds is 13. The Morgan fingerprint density at radius 3 is 0.938 bits per heavy atom. The lowest BCUT2D eigenvalue weighted by Crippen LogP contribution is -2.10. The lowest BCUT2D eigenvalue weighted by molar-refractivity contribution is 0.590. The molecule has 0 aliphatic rings. The summed E-state index contributed by atoms with van der Waals surface area (Å²) in [5.74, 6) is 0. The monoisotopic (exact) mass is 1260 g/mol. The maximum absolute atomic E-state index is 5.16. The van der Waals surface area contributed by atoms with E-state index < -0.39 is 0 Å². The lowest BCUT2D eigenvalue weighted by atomic mass is 9.86.